The van der Waals surface area contributed by atoms with E-state index in [0.717, 1.165) is 5.56 Å². The normalized spacial score (nSPS) is 16.9. The van der Waals surface area contributed by atoms with Crippen LogP contribution >= 0.6 is 11.6 Å². The van der Waals surface area contributed by atoms with Crippen molar-refractivity contribution < 1.29 is 21.6 Å². The van der Waals surface area contributed by atoms with Crippen LogP contribution in [0.3, 0.4) is 0 Å². The number of ether oxygens (including phenoxy) is 1. The largest absolute Gasteiger partial charge is 0.490 e. The summed E-state index contributed by atoms with van der Waals surface area (Å²) in [6, 6.07) is 8.89. The molecule has 0 aromatic heterocycles. The van der Waals surface area contributed by atoms with Gasteiger partial charge in [0, 0.05) is 6.42 Å². The van der Waals surface area contributed by atoms with Crippen LogP contribution in [0.2, 0.25) is 5.02 Å². The van der Waals surface area contributed by atoms with Gasteiger partial charge in [0.25, 0.3) is 10.0 Å². The molecular weight excluding hydrogens is 410 g/mol. The summed E-state index contributed by atoms with van der Waals surface area (Å²) in [5.74, 6) is 0.660. The van der Waals surface area contributed by atoms with Gasteiger partial charge in [-0.05, 0) is 56.7 Å². The summed E-state index contributed by atoms with van der Waals surface area (Å²) < 4.78 is 59.0. The molecule has 1 aliphatic rings. The topological polar surface area (TPSA) is 89.5 Å². The molecule has 6 nitrogen and oxygen atoms in total. The fraction of sp³-hybridized carbons (Fsp3) is 0.333. The number of hydrogen-bond acceptors (Lipinski definition) is 5. The Morgan fingerprint density at radius 3 is 2.52 bits per heavy atom. The summed E-state index contributed by atoms with van der Waals surface area (Å²) in [5, 5.41) is -0.778. The van der Waals surface area contributed by atoms with Gasteiger partial charge in [0.1, 0.15) is 16.7 Å². The predicted octanol–water partition coefficient (Wildman–Crippen LogP) is 3.65. The van der Waals surface area contributed by atoms with Crippen LogP contribution in [0.4, 0.5) is 5.69 Å². The van der Waals surface area contributed by atoms with Gasteiger partial charge in [-0.25, -0.2) is 16.8 Å². The Hall–Kier alpha value is -1.77. The van der Waals surface area contributed by atoms with E-state index >= 15 is 0 Å². The molecule has 0 bridgehead atoms. The van der Waals surface area contributed by atoms with Crippen molar-refractivity contribution in [2.45, 2.75) is 48.3 Å². The zero-order chi connectivity index (χ0) is 20.0. The highest BCUT2D eigenvalue weighted by Gasteiger charge is 2.29. The van der Waals surface area contributed by atoms with Crippen LogP contribution in [0, 0.1) is 0 Å². The van der Waals surface area contributed by atoms with E-state index in [1.54, 1.807) is 12.1 Å². The maximum atomic E-state index is 12.9. The van der Waals surface area contributed by atoms with E-state index in [0.29, 0.717) is 12.2 Å². The molecule has 0 radical (unpaired) electrons. The zero-order valence-electron chi connectivity index (χ0n) is 15.1. The molecule has 0 saturated heterocycles. The quantitative estimate of drug-likeness (QED) is 0.783. The monoisotopic (exact) mass is 429 g/mol. The highest BCUT2D eigenvalue weighted by atomic mass is 35.5. The molecule has 9 heteroatoms. The third-order valence-corrected chi connectivity index (χ3v) is 8.33. The SMILES string of the molecule is CC(C)S(=O)(=O)c1c(Cl)cccc1NS(=O)(=O)c1ccc2c(c1)C[C@@H](C)O2. The second-order valence-corrected chi connectivity index (χ2v) is 11.2. The summed E-state index contributed by atoms with van der Waals surface area (Å²) in [6.45, 7) is 4.93. The van der Waals surface area contributed by atoms with Crippen LogP contribution in [0.5, 0.6) is 5.75 Å². The highest BCUT2D eigenvalue weighted by molar-refractivity contribution is 7.93. The Morgan fingerprint density at radius 2 is 1.85 bits per heavy atom. The maximum Gasteiger partial charge on any atom is 0.261 e. The lowest BCUT2D eigenvalue weighted by molar-refractivity contribution is 0.254. The first-order valence-electron chi connectivity index (χ1n) is 8.37. The number of sulfonamides is 1. The number of sulfone groups is 1. The molecule has 1 aliphatic heterocycles. The summed E-state index contributed by atoms with van der Waals surface area (Å²) in [6.07, 6.45) is 0.602. The van der Waals surface area contributed by atoms with Gasteiger partial charge < -0.3 is 4.74 Å². The number of benzene rings is 2. The first kappa shape index (κ1) is 20.0. The average molecular weight is 430 g/mol. The van der Waals surface area contributed by atoms with Crippen LogP contribution in [-0.4, -0.2) is 28.2 Å². The van der Waals surface area contributed by atoms with E-state index in [-0.39, 0.29) is 26.6 Å². The van der Waals surface area contributed by atoms with E-state index in [2.05, 4.69) is 4.72 Å². The van der Waals surface area contributed by atoms with Crippen molar-refractivity contribution in [2.75, 3.05) is 4.72 Å². The van der Waals surface area contributed by atoms with Gasteiger partial charge in [-0.3, -0.25) is 4.72 Å². The van der Waals surface area contributed by atoms with Crippen LogP contribution < -0.4 is 9.46 Å². The number of hydrogen-bond donors (Lipinski definition) is 1. The van der Waals surface area contributed by atoms with E-state index < -0.39 is 25.1 Å². The second-order valence-electron chi connectivity index (χ2n) is 6.72. The minimum absolute atomic E-state index is 0.0124. The van der Waals surface area contributed by atoms with Crippen molar-refractivity contribution in [1.29, 1.82) is 0 Å². The first-order chi connectivity index (χ1) is 12.5. The van der Waals surface area contributed by atoms with E-state index in [4.69, 9.17) is 16.3 Å². The van der Waals surface area contributed by atoms with E-state index in [1.807, 2.05) is 6.92 Å². The van der Waals surface area contributed by atoms with Crippen molar-refractivity contribution in [1.82, 2.24) is 0 Å². The Morgan fingerprint density at radius 1 is 1.15 bits per heavy atom. The predicted molar refractivity (Wildman–Crippen MR) is 105 cm³/mol. The molecule has 0 spiro atoms. The molecule has 2 aromatic carbocycles. The van der Waals surface area contributed by atoms with Gasteiger partial charge in [0.05, 0.1) is 20.9 Å². The first-order valence-corrected chi connectivity index (χ1v) is 11.8. The maximum absolute atomic E-state index is 12.9. The zero-order valence-corrected chi connectivity index (χ0v) is 17.5. The number of halogens is 1. The second kappa shape index (κ2) is 7.00. The lowest BCUT2D eigenvalue weighted by Gasteiger charge is -2.16. The minimum atomic E-state index is -4.01. The van der Waals surface area contributed by atoms with Crippen LogP contribution in [0.1, 0.15) is 26.3 Å². The smallest absolute Gasteiger partial charge is 0.261 e. The molecule has 0 saturated carbocycles. The molecule has 27 heavy (non-hydrogen) atoms. The number of rotatable bonds is 5. The molecule has 1 heterocycles. The summed E-state index contributed by atoms with van der Waals surface area (Å²) in [5.41, 5.74) is 0.729. The average Bonchev–Trinajstić information content (AvgIpc) is 2.93. The molecule has 0 amide bonds. The van der Waals surface area contributed by atoms with Crippen molar-refractivity contribution in [2.24, 2.45) is 0 Å². The Bertz CT molecular complexity index is 1090. The van der Waals surface area contributed by atoms with Crippen LogP contribution in [-0.2, 0) is 26.3 Å². The van der Waals surface area contributed by atoms with Gasteiger partial charge in [-0.2, -0.15) is 0 Å². The van der Waals surface area contributed by atoms with Gasteiger partial charge in [0.15, 0.2) is 9.84 Å². The van der Waals surface area contributed by atoms with E-state index in [9.17, 15) is 16.8 Å². The summed E-state index contributed by atoms with van der Waals surface area (Å²) in [7, 11) is -7.79. The van der Waals surface area contributed by atoms with Crippen molar-refractivity contribution in [3.05, 3.63) is 47.0 Å². The summed E-state index contributed by atoms with van der Waals surface area (Å²) >= 11 is 6.10. The fourth-order valence-electron chi connectivity index (χ4n) is 2.88. The standard InChI is InChI=1S/C18H20ClNO5S2/c1-11(2)26(21,22)18-15(19)5-4-6-16(18)20-27(23,24)14-7-8-17-13(10-14)9-12(3)25-17/h4-8,10-12,20H,9H2,1-3H3/t12-/m1/s1. The third kappa shape index (κ3) is 3.79. The summed E-state index contributed by atoms with van der Waals surface area (Å²) in [4.78, 5) is -0.185. The van der Waals surface area contributed by atoms with Crippen molar-refractivity contribution in [3.8, 4) is 5.75 Å². The molecule has 1 N–H and O–H groups in total. The van der Waals surface area contributed by atoms with Gasteiger partial charge in [-0.1, -0.05) is 17.7 Å². The molecule has 3 rings (SSSR count). The molecule has 0 unspecified atom stereocenters. The lowest BCUT2D eigenvalue weighted by Crippen LogP contribution is -2.19. The van der Waals surface area contributed by atoms with Crippen LogP contribution in [0.15, 0.2) is 46.2 Å². The Balaban J connectivity index is 2.03. The Labute approximate surface area is 164 Å². The molecule has 0 aliphatic carbocycles. The Kier molecular flexibility index (Phi) is 5.18. The highest BCUT2D eigenvalue weighted by Crippen LogP contribution is 2.35. The lowest BCUT2D eigenvalue weighted by atomic mass is 10.1. The third-order valence-electron chi connectivity index (χ3n) is 4.29. The van der Waals surface area contributed by atoms with Crippen molar-refractivity contribution in [3.63, 3.8) is 0 Å². The number of nitrogens with one attached hydrogen (secondary N) is 1. The molecular formula is C18H20ClNO5S2. The van der Waals surface area contributed by atoms with Gasteiger partial charge in [0.2, 0.25) is 0 Å². The van der Waals surface area contributed by atoms with Crippen LogP contribution in [0.25, 0.3) is 0 Å². The van der Waals surface area contributed by atoms with Crippen molar-refractivity contribution >= 4 is 37.1 Å². The number of anilines is 1. The van der Waals surface area contributed by atoms with E-state index in [1.165, 1.54) is 38.1 Å². The minimum Gasteiger partial charge on any atom is -0.490 e. The van der Waals surface area contributed by atoms with Gasteiger partial charge >= 0.3 is 0 Å². The molecule has 1 atom stereocenters. The van der Waals surface area contributed by atoms with Gasteiger partial charge in [-0.15, -0.1) is 0 Å². The number of fused-ring (bicyclic) bond motifs is 1. The molecule has 2 aromatic rings. The molecule has 146 valence electrons. The molecule has 0 fully saturated rings. The fourth-order valence-corrected chi connectivity index (χ4v) is 5.80.